The molecule has 1 saturated heterocycles. The van der Waals surface area contributed by atoms with Crippen molar-refractivity contribution in [3.63, 3.8) is 0 Å². The van der Waals surface area contributed by atoms with E-state index in [0.717, 1.165) is 10.6 Å². The molecule has 1 aliphatic rings. The first-order chi connectivity index (χ1) is 10.5. The summed E-state index contributed by atoms with van der Waals surface area (Å²) in [6.07, 6.45) is 0.0374. The van der Waals surface area contributed by atoms with Gasteiger partial charge in [-0.25, -0.2) is 9.37 Å². The molecule has 0 bridgehead atoms. The minimum atomic E-state index is -0.285. The zero-order valence-electron chi connectivity index (χ0n) is 12.5. The lowest BCUT2D eigenvalue weighted by Gasteiger charge is -2.36. The van der Waals surface area contributed by atoms with Crippen LogP contribution in [-0.4, -0.2) is 41.1 Å². The van der Waals surface area contributed by atoms with Gasteiger partial charge in [0.2, 0.25) is 0 Å². The lowest BCUT2D eigenvalue weighted by atomic mass is 10.2. The van der Waals surface area contributed by atoms with Gasteiger partial charge >= 0.3 is 0 Å². The lowest BCUT2D eigenvalue weighted by molar-refractivity contribution is -0.0388. The minimum Gasteiger partial charge on any atom is -0.375 e. The van der Waals surface area contributed by atoms with E-state index in [2.05, 4.69) is 4.98 Å². The first kappa shape index (κ1) is 15.1. The molecule has 1 aromatic heterocycles. The Kier molecular flexibility index (Phi) is 4.22. The molecular formula is C16H17FN2O2S. The Morgan fingerprint density at radius 1 is 1.36 bits per heavy atom. The fourth-order valence-corrected chi connectivity index (χ4v) is 3.23. The van der Waals surface area contributed by atoms with Gasteiger partial charge in [-0.2, -0.15) is 0 Å². The van der Waals surface area contributed by atoms with E-state index in [1.165, 1.54) is 23.5 Å². The number of aromatic nitrogens is 1. The summed E-state index contributed by atoms with van der Waals surface area (Å²) in [5.41, 5.74) is 1.25. The molecule has 0 saturated carbocycles. The number of amides is 1. The zero-order chi connectivity index (χ0) is 15.7. The second-order valence-electron chi connectivity index (χ2n) is 5.50. The van der Waals surface area contributed by atoms with Crippen LogP contribution in [0.25, 0.3) is 10.6 Å². The molecule has 22 heavy (non-hydrogen) atoms. The largest absolute Gasteiger partial charge is 0.375 e. The molecule has 0 unspecified atom stereocenters. The van der Waals surface area contributed by atoms with Gasteiger partial charge in [0.15, 0.2) is 0 Å². The highest BCUT2D eigenvalue weighted by Gasteiger charge is 2.29. The molecule has 2 aromatic rings. The van der Waals surface area contributed by atoms with Crippen LogP contribution >= 0.6 is 11.3 Å². The van der Waals surface area contributed by atoms with E-state index in [0.29, 0.717) is 18.8 Å². The Bertz CT molecular complexity index is 671. The second kappa shape index (κ2) is 6.14. The number of morpholine rings is 1. The molecule has 0 aliphatic carbocycles. The summed E-state index contributed by atoms with van der Waals surface area (Å²) in [5, 5.41) is 2.48. The first-order valence-electron chi connectivity index (χ1n) is 7.18. The number of carbonyl (C=O) groups is 1. The van der Waals surface area contributed by atoms with Crippen LogP contribution in [0.2, 0.25) is 0 Å². The average Bonchev–Trinajstić information content (AvgIpc) is 2.99. The van der Waals surface area contributed by atoms with Gasteiger partial charge in [0.05, 0.1) is 18.8 Å². The van der Waals surface area contributed by atoms with E-state index in [4.69, 9.17) is 4.74 Å². The number of hydrogen-bond donors (Lipinski definition) is 0. The topological polar surface area (TPSA) is 42.4 Å². The van der Waals surface area contributed by atoms with Crippen molar-refractivity contribution in [3.8, 4) is 10.6 Å². The number of hydrogen-bond acceptors (Lipinski definition) is 4. The highest BCUT2D eigenvalue weighted by molar-refractivity contribution is 7.13. The Balaban J connectivity index is 1.81. The molecule has 116 valence electrons. The molecule has 2 atom stereocenters. The third-order valence-electron chi connectivity index (χ3n) is 3.68. The van der Waals surface area contributed by atoms with Crippen LogP contribution in [0.3, 0.4) is 0 Å². The fraction of sp³-hybridized carbons (Fsp3) is 0.375. The molecule has 6 heteroatoms. The van der Waals surface area contributed by atoms with E-state index in [1.807, 2.05) is 13.8 Å². The monoisotopic (exact) mass is 320 g/mol. The number of rotatable bonds is 2. The van der Waals surface area contributed by atoms with E-state index in [-0.39, 0.29) is 23.9 Å². The smallest absolute Gasteiger partial charge is 0.273 e. The number of ether oxygens (including phenoxy) is 1. The highest BCUT2D eigenvalue weighted by atomic mass is 32.1. The SMILES string of the molecule is C[C@@H]1CO[C@@H](C)CN1C(=O)c1csc(-c2ccc(F)cc2)n1. The van der Waals surface area contributed by atoms with Crippen LogP contribution in [0.15, 0.2) is 29.6 Å². The molecule has 2 heterocycles. The summed E-state index contributed by atoms with van der Waals surface area (Å²) in [5.74, 6) is -0.361. The maximum Gasteiger partial charge on any atom is 0.273 e. The summed E-state index contributed by atoms with van der Waals surface area (Å²) >= 11 is 1.39. The second-order valence-corrected chi connectivity index (χ2v) is 6.35. The Morgan fingerprint density at radius 3 is 2.82 bits per heavy atom. The van der Waals surface area contributed by atoms with Gasteiger partial charge in [-0.05, 0) is 38.1 Å². The van der Waals surface area contributed by atoms with E-state index in [9.17, 15) is 9.18 Å². The van der Waals surface area contributed by atoms with Crippen LogP contribution in [0.5, 0.6) is 0 Å². The predicted octanol–water partition coefficient (Wildman–Crippen LogP) is 3.20. The first-order valence-corrected chi connectivity index (χ1v) is 8.06. The molecule has 4 nitrogen and oxygen atoms in total. The lowest BCUT2D eigenvalue weighted by Crippen LogP contribution is -2.50. The summed E-state index contributed by atoms with van der Waals surface area (Å²) in [4.78, 5) is 18.8. The van der Waals surface area contributed by atoms with E-state index >= 15 is 0 Å². The number of benzene rings is 1. The third-order valence-corrected chi connectivity index (χ3v) is 4.57. The van der Waals surface area contributed by atoms with Gasteiger partial charge in [-0.1, -0.05) is 0 Å². The number of nitrogens with zero attached hydrogens (tertiary/aromatic N) is 2. The van der Waals surface area contributed by atoms with Crippen molar-refractivity contribution in [2.45, 2.75) is 26.0 Å². The van der Waals surface area contributed by atoms with Gasteiger partial charge in [0.1, 0.15) is 16.5 Å². The maximum absolute atomic E-state index is 13.0. The van der Waals surface area contributed by atoms with Crippen molar-refractivity contribution in [3.05, 3.63) is 41.2 Å². The maximum atomic E-state index is 13.0. The predicted molar refractivity (Wildman–Crippen MR) is 83.4 cm³/mol. The van der Waals surface area contributed by atoms with Crippen LogP contribution < -0.4 is 0 Å². The molecule has 0 spiro atoms. The van der Waals surface area contributed by atoms with Crippen LogP contribution in [-0.2, 0) is 4.74 Å². The molecular weight excluding hydrogens is 303 g/mol. The molecule has 1 aliphatic heterocycles. The van der Waals surface area contributed by atoms with Crippen molar-refractivity contribution in [1.29, 1.82) is 0 Å². The minimum absolute atomic E-state index is 0.0374. The van der Waals surface area contributed by atoms with E-state index in [1.54, 1.807) is 22.4 Å². The molecule has 1 amide bonds. The van der Waals surface area contributed by atoms with Crippen LogP contribution in [0.4, 0.5) is 4.39 Å². The van der Waals surface area contributed by atoms with Crippen LogP contribution in [0.1, 0.15) is 24.3 Å². The van der Waals surface area contributed by atoms with E-state index < -0.39 is 0 Å². The van der Waals surface area contributed by atoms with Crippen molar-refractivity contribution in [2.24, 2.45) is 0 Å². The molecule has 0 N–H and O–H groups in total. The summed E-state index contributed by atoms with van der Waals surface area (Å²) < 4.78 is 18.5. The van der Waals surface area contributed by atoms with Crippen molar-refractivity contribution >= 4 is 17.2 Å². The molecule has 0 radical (unpaired) electrons. The van der Waals surface area contributed by atoms with Gasteiger partial charge in [0.25, 0.3) is 5.91 Å². The molecule has 1 aromatic carbocycles. The average molecular weight is 320 g/mol. The quantitative estimate of drug-likeness (QED) is 0.853. The number of thiazole rings is 1. The van der Waals surface area contributed by atoms with Crippen molar-refractivity contribution in [2.75, 3.05) is 13.2 Å². The highest BCUT2D eigenvalue weighted by Crippen LogP contribution is 2.25. The van der Waals surface area contributed by atoms with Crippen LogP contribution in [0, 0.1) is 5.82 Å². The van der Waals surface area contributed by atoms with Crippen molar-refractivity contribution < 1.29 is 13.9 Å². The zero-order valence-corrected chi connectivity index (χ0v) is 13.3. The number of halogens is 1. The van der Waals surface area contributed by atoms with Gasteiger partial charge < -0.3 is 9.64 Å². The van der Waals surface area contributed by atoms with Gasteiger partial charge in [0, 0.05) is 17.5 Å². The summed E-state index contributed by atoms with van der Waals surface area (Å²) in [6, 6.07) is 6.16. The Labute approximate surface area is 132 Å². The number of carbonyl (C=O) groups excluding carboxylic acids is 1. The fourth-order valence-electron chi connectivity index (χ4n) is 2.43. The van der Waals surface area contributed by atoms with Gasteiger partial charge in [-0.15, -0.1) is 11.3 Å². The third kappa shape index (κ3) is 3.03. The summed E-state index contributed by atoms with van der Waals surface area (Å²) in [6.45, 7) is 5.04. The molecule has 3 rings (SSSR count). The normalized spacial score (nSPS) is 21.9. The standard InChI is InChI=1S/C16H17FN2O2S/c1-10-8-21-11(2)7-19(10)16(20)14-9-22-15(18-14)12-3-5-13(17)6-4-12/h3-6,9-11H,7-8H2,1-2H3/t10-,11+/m1/s1. The Morgan fingerprint density at radius 2 is 2.09 bits per heavy atom. The summed E-state index contributed by atoms with van der Waals surface area (Å²) in [7, 11) is 0. The Hall–Kier alpha value is -1.79. The molecule has 1 fully saturated rings. The van der Waals surface area contributed by atoms with Gasteiger partial charge in [-0.3, -0.25) is 4.79 Å². The van der Waals surface area contributed by atoms with Crippen molar-refractivity contribution in [1.82, 2.24) is 9.88 Å².